The Bertz CT molecular complexity index is 946. The van der Waals surface area contributed by atoms with E-state index >= 15 is 0 Å². The van der Waals surface area contributed by atoms with Crippen LogP contribution in [-0.2, 0) is 24.3 Å². The maximum absolute atomic E-state index is 12.8. The molecule has 1 saturated heterocycles. The molecule has 1 heterocycles. The Balaban J connectivity index is 2.40. The molecular formula is C16H18F3N3O7S2. The average molecular weight is 485 g/mol. The number of sulfonamides is 1. The van der Waals surface area contributed by atoms with E-state index < -0.39 is 55.1 Å². The molecule has 172 valence electrons. The highest BCUT2D eigenvalue weighted by molar-refractivity contribution is 7.89. The number of carbonyl (C=O) groups excluding carboxylic acids is 2. The lowest BCUT2D eigenvalue weighted by molar-refractivity contribution is -0.384. The molecule has 1 aromatic carbocycles. The minimum Gasteiger partial charge on any atom is -0.385 e. The second-order valence-electron chi connectivity index (χ2n) is 6.78. The number of alkyl halides is 3. The molecular weight excluding hydrogens is 467 g/mol. The van der Waals surface area contributed by atoms with Gasteiger partial charge in [0.25, 0.3) is 5.69 Å². The Hall–Kier alpha value is -2.23. The van der Waals surface area contributed by atoms with Crippen molar-refractivity contribution in [3.8, 4) is 0 Å². The number of hydrogen-bond donors (Lipinski definition) is 3. The quantitative estimate of drug-likeness (QED) is 0.172. The van der Waals surface area contributed by atoms with Crippen molar-refractivity contribution in [3.05, 3.63) is 34.4 Å². The van der Waals surface area contributed by atoms with Crippen molar-refractivity contribution in [1.82, 2.24) is 10.0 Å². The van der Waals surface area contributed by atoms with Crippen LogP contribution in [0.15, 0.2) is 29.2 Å². The third kappa shape index (κ3) is 5.93. The van der Waals surface area contributed by atoms with Gasteiger partial charge in [0.2, 0.25) is 10.0 Å². The summed E-state index contributed by atoms with van der Waals surface area (Å²) in [6, 6.07) is 1.76. The molecule has 2 rings (SSSR count). The number of halogens is 3. The number of esters is 2. The number of nitro groups is 1. The first-order valence-corrected chi connectivity index (χ1v) is 10.9. The van der Waals surface area contributed by atoms with Crippen molar-refractivity contribution in [2.45, 2.75) is 30.0 Å². The number of nitrogens with one attached hydrogen (secondary N) is 2. The van der Waals surface area contributed by atoms with Crippen molar-refractivity contribution in [2.75, 3.05) is 18.8 Å². The average Bonchev–Trinajstić information content (AvgIpc) is 2.71. The van der Waals surface area contributed by atoms with E-state index in [-0.39, 0.29) is 18.6 Å². The minimum atomic E-state index is -5.46. The Labute approximate surface area is 180 Å². The van der Waals surface area contributed by atoms with Gasteiger partial charge in [0.1, 0.15) is 6.04 Å². The number of nitrogens with zero attached hydrogens (tertiary/aromatic N) is 1. The molecule has 1 atom stereocenters. The van der Waals surface area contributed by atoms with E-state index in [1.165, 1.54) is 0 Å². The molecule has 31 heavy (non-hydrogen) atoms. The fourth-order valence-corrected chi connectivity index (χ4v) is 4.85. The molecule has 1 aliphatic rings. The molecule has 0 unspecified atom stereocenters. The number of nitro benzene ring substituents is 1. The standard InChI is InChI=1S/C16H18F3N3O7S2/c17-16(18,19)14(24)29-13(23)12(15(9-30)5-7-20-8-6-15)21-31(27,28)11-3-1-10(2-4-11)22(25)26/h1-4,12,20-21,30H,5-9H2/t12-/m1/s1. The van der Waals surface area contributed by atoms with Gasteiger partial charge in [-0.05, 0) is 43.8 Å². The van der Waals surface area contributed by atoms with E-state index in [4.69, 9.17) is 0 Å². The van der Waals surface area contributed by atoms with Crippen molar-refractivity contribution < 1.29 is 40.8 Å². The van der Waals surface area contributed by atoms with Crippen LogP contribution in [-0.4, -0.2) is 56.3 Å². The van der Waals surface area contributed by atoms with Crippen molar-refractivity contribution in [3.63, 3.8) is 0 Å². The Morgan fingerprint density at radius 1 is 1.26 bits per heavy atom. The molecule has 1 aliphatic heterocycles. The molecule has 2 N–H and O–H groups in total. The zero-order chi connectivity index (χ0) is 23.4. The van der Waals surface area contributed by atoms with Gasteiger partial charge in [0.05, 0.1) is 9.82 Å². The summed E-state index contributed by atoms with van der Waals surface area (Å²) < 4.78 is 69.1. The summed E-state index contributed by atoms with van der Waals surface area (Å²) >= 11 is 4.15. The summed E-state index contributed by atoms with van der Waals surface area (Å²) in [6.45, 7) is 0.633. The first-order valence-electron chi connectivity index (χ1n) is 8.74. The fraction of sp³-hybridized carbons (Fsp3) is 0.500. The summed E-state index contributed by atoms with van der Waals surface area (Å²) in [6.07, 6.45) is -5.15. The molecule has 0 amide bonds. The molecule has 0 aromatic heterocycles. The summed E-state index contributed by atoms with van der Waals surface area (Å²) in [5.74, 6) is -4.60. The van der Waals surface area contributed by atoms with E-state index in [1.807, 2.05) is 4.72 Å². The predicted molar refractivity (Wildman–Crippen MR) is 103 cm³/mol. The normalized spacial score (nSPS) is 17.5. The van der Waals surface area contributed by atoms with E-state index in [9.17, 15) is 41.3 Å². The third-order valence-electron chi connectivity index (χ3n) is 4.82. The summed E-state index contributed by atoms with van der Waals surface area (Å²) in [5, 5.41) is 13.7. The number of non-ortho nitro benzene ring substituents is 1. The maximum atomic E-state index is 12.8. The topological polar surface area (TPSA) is 145 Å². The summed E-state index contributed by atoms with van der Waals surface area (Å²) in [7, 11) is -4.54. The minimum absolute atomic E-state index is 0.0998. The second kappa shape index (κ2) is 9.50. The lowest BCUT2D eigenvalue weighted by Gasteiger charge is -2.41. The molecule has 1 aromatic rings. The maximum Gasteiger partial charge on any atom is 0.491 e. The first kappa shape index (κ1) is 25.0. The molecule has 0 spiro atoms. The van der Waals surface area contributed by atoms with Crippen LogP contribution >= 0.6 is 12.6 Å². The zero-order valence-electron chi connectivity index (χ0n) is 15.7. The predicted octanol–water partition coefficient (Wildman–Crippen LogP) is 1.17. The van der Waals surface area contributed by atoms with Crippen LogP contribution < -0.4 is 10.0 Å². The van der Waals surface area contributed by atoms with Gasteiger partial charge in [0, 0.05) is 17.5 Å². The molecule has 0 saturated carbocycles. The van der Waals surface area contributed by atoms with E-state index in [0.29, 0.717) is 13.1 Å². The third-order valence-corrected chi connectivity index (χ3v) is 6.89. The zero-order valence-corrected chi connectivity index (χ0v) is 17.4. The second-order valence-corrected chi connectivity index (χ2v) is 8.81. The molecule has 10 nitrogen and oxygen atoms in total. The number of benzene rings is 1. The molecule has 15 heteroatoms. The number of rotatable bonds is 7. The molecule has 0 radical (unpaired) electrons. The number of piperidine rings is 1. The van der Waals surface area contributed by atoms with E-state index in [1.54, 1.807) is 0 Å². The highest BCUT2D eigenvalue weighted by atomic mass is 32.2. The van der Waals surface area contributed by atoms with Gasteiger partial charge in [0.15, 0.2) is 0 Å². The van der Waals surface area contributed by atoms with Gasteiger partial charge in [-0.25, -0.2) is 18.0 Å². The lowest BCUT2D eigenvalue weighted by Crippen LogP contribution is -2.58. The van der Waals surface area contributed by atoms with Gasteiger partial charge >= 0.3 is 18.1 Å². The van der Waals surface area contributed by atoms with Gasteiger partial charge in [-0.2, -0.15) is 30.5 Å². The Kier molecular flexibility index (Phi) is 7.67. The monoisotopic (exact) mass is 485 g/mol. The smallest absolute Gasteiger partial charge is 0.385 e. The van der Waals surface area contributed by atoms with Crippen LogP contribution in [0.5, 0.6) is 0 Å². The highest BCUT2D eigenvalue weighted by Crippen LogP contribution is 2.36. The summed E-state index contributed by atoms with van der Waals surface area (Å²) in [5.41, 5.74) is -1.64. The highest BCUT2D eigenvalue weighted by Gasteiger charge is 2.49. The molecule has 0 aliphatic carbocycles. The fourth-order valence-electron chi connectivity index (χ4n) is 3.06. The van der Waals surface area contributed by atoms with Gasteiger partial charge in [-0.3, -0.25) is 10.1 Å². The van der Waals surface area contributed by atoms with Crippen LogP contribution in [0.3, 0.4) is 0 Å². The van der Waals surface area contributed by atoms with Crippen LogP contribution in [0.1, 0.15) is 12.8 Å². The van der Waals surface area contributed by atoms with E-state index in [0.717, 1.165) is 24.3 Å². The Morgan fingerprint density at radius 2 is 1.81 bits per heavy atom. The van der Waals surface area contributed by atoms with Crippen LogP contribution in [0.2, 0.25) is 0 Å². The van der Waals surface area contributed by atoms with Crippen molar-refractivity contribution >= 4 is 40.3 Å². The Morgan fingerprint density at radius 3 is 2.26 bits per heavy atom. The molecule has 1 fully saturated rings. The number of carbonyl (C=O) groups is 2. The number of ether oxygens (including phenoxy) is 1. The van der Waals surface area contributed by atoms with Crippen LogP contribution in [0.4, 0.5) is 18.9 Å². The largest absolute Gasteiger partial charge is 0.491 e. The van der Waals surface area contributed by atoms with Crippen LogP contribution in [0.25, 0.3) is 0 Å². The van der Waals surface area contributed by atoms with Gasteiger partial charge in [-0.15, -0.1) is 0 Å². The van der Waals surface area contributed by atoms with Crippen molar-refractivity contribution in [1.29, 1.82) is 0 Å². The molecule has 0 bridgehead atoms. The summed E-state index contributed by atoms with van der Waals surface area (Å²) in [4.78, 5) is 33.2. The van der Waals surface area contributed by atoms with E-state index in [2.05, 4.69) is 22.7 Å². The number of hydrogen-bond acceptors (Lipinski definition) is 9. The van der Waals surface area contributed by atoms with Gasteiger partial charge in [-0.1, -0.05) is 0 Å². The van der Waals surface area contributed by atoms with Gasteiger partial charge < -0.3 is 10.1 Å². The SMILES string of the molecule is O=C(OC(=O)C(F)(F)F)[C@@H](NS(=O)(=O)c1ccc([N+](=O)[O-])cc1)C1(CS)CCNCC1. The van der Waals surface area contributed by atoms with Crippen LogP contribution in [0, 0.1) is 15.5 Å². The lowest BCUT2D eigenvalue weighted by atomic mass is 9.74. The first-order chi connectivity index (χ1) is 14.3. The number of thiol groups is 1. The van der Waals surface area contributed by atoms with Crippen molar-refractivity contribution in [2.24, 2.45) is 5.41 Å².